The Morgan fingerprint density at radius 1 is 1.11 bits per heavy atom. The highest BCUT2D eigenvalue weighted by molar-refractivity contribution is 5.76. The fourth-order valence-electron chi connectivity index (χ4n) is 2.70. The first kappa shape index (κ1) is 10.7. The number of fused-ring (bicyclic) bond motifs is 2. The molecule has 0 fully saturated rings. The number of rotatable bonds is 1. The normalized spacial score (nSPS) is 17.3. The third-order valence-electron chi connectivity index (χ3n) is 3.75. The van der Waals surface area contributed by atoms with Gasteiger partial charge in [0.1, 0.15) is 11.3 Å². The summed E-state index contributed by atoms with van der Waals surface area (Å²) in [4.78, 5) is 7.31. The summed E-state index contributed by atoms with van der Waals surface area (Å²) in [6.07, 6.45) is 0.889. The van der Waals surface area contributed by atoms with Gasteiger partial charge < -0.3 is 4.98 Å². The number of H-pyrrole nitrogens is 1. The minimum absolute atomic E-state index is 0.0828. The molecule has 1 atom stereocenters. The Balaban J connectivity index is 1.84. The van der Waals surface area contributed by atoms with Crippen molar-refractivity contribution in [3.63, 3.8) is 0 Å². The predicted octanol–water partition coefficient (Wildman–Crippen LogP) is 3.53. The molecular formula is C15H10F2N2. The summed E-state index contributed by atoms with van der Waals surface area (Å²) in [5.74, 6) is -0.878. The monoisotopic (exact) mass is 256 g/mol. The largest absolute Gasteiger partial charge is 0.341 e. The van der Waals surface area contributed by atoms with Gasteiger partial charge >= 0.3 is 0 Å². The molecule has 1 aliphatic rings. The standard InChI is InChI=1S/C15H10F2N2/c16-11-5-6-12-14(13(11)17)19-15(18-12)10-7-8-3-1-2-4-9(8)10/h1-6,10H,7H2,(H,18,19). The molecule has 3 aromatic rings. The van der Waals surface area contributed by atoms with Crippen molar-refractivity contribution >= 4 is 11.0 Å². The second kappa shape index (κ2) is 3.63. The number of nitrogens with zero attached hydrogens (tertiary/aromatic N) is 1. The molecule has 1 aromatic heterocycles. The van der Waals surface area contributed by atoms with Crippen molar-refractivity contribution < 1.29 is 8.78 Å². The Morgan fingerprint density at radius 3 is 2.79 bits per heavy atom. The third kappa shape index (κ3) is 1.43. The highest BCUT2D eigenvalue weighted by atomic mass is 19.2. The molecule has 0 aliphatic heterocycles. The molecule has 94 valence electrons. The number of benzene rings is 2. The summed E-state index contributed by atoms with van der Waals surface area (Å²) in [7, 11) is 0. The molecule has 19 heavy (non-hydrogen) atoms. The van der Waals surface area contributed by atoms with Gasteiger partial charge in [0, 0.05) is 5.92 Å². The van der Waals surface area contributed by atoms with E-state index in [1.54, 1.807) is 0 Å². The maximum atomic E-state index is 13.6. The van der Waals surface area contributed by atoms with Gasteiger partial charge in [-0.25, -0.2) is 13.8 Å². The second-order valence-corrected chi connectivity index (χ2v) is 4.84. The Morgan fingerprint density at radius 2 is 1.95 bits per heavy atom. The zero-order valence-electron chi connectivity index (χ0n) is 9.95. The van der Waals surface area contributed by atoms with Crippen LogP contribution in [0.5, 0.6) is 0 Å². The van der Waals surface area contributed by atoms with Crippen LogP contribution >= 0.6 is 0 Å². The molecule has 4 rings (SSSR count). The van der Waals surface area contributed by atoms with Crippen LogP contribution in [0.25, 0.3) is 11.0 Å². The molecule has 0 saturated carbocycles. The molecule has 0 spiro atoms. The van der Waals surface area contributed by atoms with Crippen LogP contribution in [0.15, 0.2) is 36.4 Å². The van der Waals surface area contributed by atoms with E-state index in [1.165, 1.54) is 17.2 Å². The minimum Gasteiger partial charge on any atom is -0.341 e. The van der Waals surface area contributed by atoms with E-state index in [-0.39, 0.29) is 11.4 Å². The fraction of sp³-hybridized carbons (Fsp3) is 0.133. The number of nitrogens with one attached hydrogen (secondary N) is 1. The zero-order chi connectivity index (χ0) is 13.0. The number of imidazole rings is 1. The van der Waals surface area contributed by atoms with Crippen molar-refractivity contribution in [2.24, 2.45) is 0 Å². The number of halogens is 2. The average Bonchev–Trinajstić information content (AvgIpc) is 2.80. The molecular weight excluding hydrogens is 246 g/mol. The number of hydrogen-bond acceptors (Lipinski definition) is 1. The van der Waals surface area contributed by atoms with E-state index in [2.05, 4.69) is 16.0 Å². The first-order valence-corrected chi connectivity index (χ1v) is 6.15. The lowest BCUT2D eigenvalue weighted by Crippen LogP contribution is -2.19. The van der Waals surface area contributed by atoms with E-state index < -0.39 is 11.6 Å². The third-order valence-corrected chi connectivity index (χ3v) is 3.75. The van der Waals surface area contributed by atoms with Crippen molar-refractivity contribution in [2.45, 2.75) is 12.3 Å². The van der Waals surface area contributed by atoms with E-state index in [4.69, 9.17) is 0 Å². The molecule has 1 unspecified atom stereocenters. The first-order valence-electron chi connectivity index (χ1n) is 6.15. The number of aromatic nitrogens is 2. The minimum atomic E-state index is -0.882. The average molecular weight is 256 g/mol. The van der Waals surface area contributed by atoms with Gasteiger partial charge in [0.05, 0.1) is 5.52 Å². The second-order valence-electron chi connectivity index (χ2n) is 4.84. The van der Waals surface area contributed by atoms with Gasteiger partial charge in [-0.15, -0.1) is 0 Å². The summed E-state index contributed by atoms with van der Waals surface area (Å²) in [5.41, 5.74) is 3.12. The van der Waals surface area contributed by atoms with Gasteiger partial charge in [-0.05, 0) is 29.7 Å². The van der Waals surface area contributed by atoms with Gasteiger partial charge in [-0.1, -0.05) is 24.3 Å². The molecule has 1 aliphatic carbocycles. The molecule has 2 nitrogen and oxygen atoms in total. The highest BCUT2D eigenvalue weighted by Crippen LogP contribution is 2.39. The van der Waals surface area contributed by atoms with Crippen molar-refractivity contribution in [3.8, 4) is 0 Å². The van der Waals surface area contributed by atoms with Gasteiger partial charge in [-0.2, -0.15) is 0 Å². The van der Waals surface area contributed by atoms with E-state index in [0.29, 0.717) is 11.3 Å². The van der Waals surface area contributed by atoms with E-state index in [9.17, 15) is 8.78 Å². The maximum absolute atomic E-state index is 13.6. The van der Waals surface area contributed by atoms with Gasteiger partial charge in [0.15, 0.2) is 11.6 Å². The summed E-state index contributed by atoms with van der Waals surface area (Å²) < 4.78 is 26.8. The van der Waals surface area contributed by atoms with Gasteiger partial charge in [0.2, 0.25) is 0 Å². The quantitative estimate of drug-likeness (QED) is 0.709. The smallest absolute Gasteiger partial charge is 0.186 e. The molecule has 0 saturated heterocycles. The van der Waals surface area contributed by atoms with Crippen LogP contribution < -0.4 is 0 Å². The molecule has 1 N–H and O–H groups in total. The van der Waals surface area contributed by atoms with Crippen LogP contribution in [0.1, 0.15) is 22.9 Å². The van der Waals surface area contributed by atoms with Crippen LogP contribution in [-0.2, 0) is 6.42 Å². The van der Waals surface area contributed by atoms with Crippen molar-refractivity contribution in [1.82, 2.24) is 9.97 Å². The van der Waals surface area contributed by atoms with Crippen molar-refractivity contribution in [1.29, 1.82) is 0 Å². The Hall–Kier alpha value is -2.23. The lowest BCUT2D eigenvalue weighted by atomic mass is 9.77. The number of aromatic amines is 1. The number of hydrogen-bond donors (Lipinski definition) is 1. The molecule has 0 radical (unpaired) electrons. The lowest BCUT2D eigenvalue weighted by molar-refractivity contribution is 0.515. The highest BCUT2D eigenvalue weighted by Gasteiger charge is 2.29. The lowest BCUT2D eigenvalue weighted by Gasteiger charge is -2.28. The molecule has 1 heterocycles. The summed E-state index contributed by atoms with van der Waals surface area (Å²) >= 11 is 0. The Kier molecular flexibility index (Phi) is 2.04. The zero-order valence-corrected chi connectivity index (χ0v) is 9.95. The predicted molar refractivity (Wildman–Crippen MR) is 68.0 cm³/mol. The van der Waals surface area contributed by atoms with Crippen molar-refractivity contribution in [3.05, 3.63) is 65.0 Å². The Bertz CT molecular complexity index is 792. The van der Waals surface area contributed by atoms with Crippen LogP contribution in [0.3, 0.4) is 0 Å². The summed E-state index contributed by atoms with van der Waals surface area (Å²) in [6.45, 7) is 0. The van der Waals surface area contributed by atoms with Gasteiger partial charge in [0.25, 0.3) is 0 Å². The summed E-state index contributed by atoms with van der Waals surface area (Å²) in [6, 6.07) is 10.8. The van der Waals surface area contributed by atoms with Crippen molar-refractivity contribution in [2.75, 3.05) is 0 Å². The molecule has 0 bridgehead atoms. The van der Waals surface area contributed by atoms with E-state index >= 15 is 0 Å². The topological polar surface area (TPSA) is 28.7 Å². The van der Waals surface area contributed by atoms with E-state index in [0.717, 1.165) is 12.5 Å². The fourth-order valence-corrected chi connectivity index (χ4v) is 2.70. The van der Waals surface area contributed by atoms with Crippen LogP contribution in [0.4, 0.5) is 8.78 Å². The van der Waals surface area contributed by atoms with Crippen LogP contribution in [0.2, 0.25) is 0 Å². The van der Waals surface area contributed by atoms with Crippen LogP contribution in [0, 0.1) is 11.6 Å². The first-order chi connectivity index (χ1) is 9.24. The molecule has 0 amide bonds. The SMILES string of the molecule is Fc1ccc2[nH]c(C3Cc4ccccc43)nc2c1F. The molecule has 2 aromatic carbocycles. The van der Waals surface area contributed by atoms with E-state index in [1.807, 2.05) is 18.2 Å². The van der Waals surface area contributed by atoms with Gasteiger partial charge in [-0.3, -0.25) is 0 Å². The van der Waals surface area contributed by atoms with Crippen LogP contribution in [-0.4, -0.2) is 9.97 Å². The Labute approximate surface area is 108 Å². The maximum Gasteiger partial charge on any atom is 0.186 e. The summed E-state index contributed by atoms with van der Waals surface area (Å²) in [5, 5.41) is 0. The molecule has 4 heteroatoms.